The number of esters is 1. The molecule has 0 amide bonds. The van der Waals surface area contributed by atoms with Crippen LogP contribution in [-0.2, 0) is 9.53 Å². The second-order valence-electron chi connectivity index (χ2n) is 3.81. The Morgan fingerprint density at radius 1 is 1.55 bits per heavy atom. The summed E-state index contributed by atoms with van der Waals surface area (Å²) in [5, 5.41) is 0. The SMILES string of the molecule is COC(=O)[C@@H]1CC12CC(N)C2. The van der Waals surface area contributed by atoms with E-state index in [1.807, 2.05) is 0 Å². The third-order valence-corrected chi connectivity index (χ3v) is 3.01. The molecular formula is C8H13NO2. The molecule has 0 aromatic heterocycles. The summed E-state index contributed by atoms with van der Waals surface area (Å²) < 4.78 is 4.66. The number of ether oxygens (including phenoxy) is 1. The molecule has 0 aromatic carbocycles. The fourth-order valence-electron chi connectivity index (χ4n) is 2.26. The smallest absolute Gasteiger partial charge is 0.309 e. The van der Waals surface area contributed by atoms with Crippen molar-refractivity contribution in [3.8, 4) is 0 Å². The highest BCUT2D eigenvalue weighted by molar-refractivity contribution is 5.77. The minimum atomic E-state index is -0.0445. The first-order valence-corrected chi connectivity index (χ1v) is 4.01. The topological polar surface area (TPSA) is 52.3 Å². The largest absolute Gasteiger partial charge is 0.469 e. The van der Waals surface area contributed by atoms with Crippen molar-refractivity contribution in [1.82, 2.24) is 0 Å². The minimum Gasteiger partial charge on any atom is -0.469 e. The standard InChI is InChI=1S/C8H13NO2/c1-11-7(10)6-4-8(6)2-5(9)3-8/h5-6H,2-4,9H2,1H3/t5?,6-,8?/m0/s1. The second kappa shape index (κ2) is 1.97. The Bertz CT molecular complexity index is 196. The fourth-order valence-corrected chi connectivity index (χ4v) is 2.26. The number of rotatable bonds is 1. The van der Waals surface area contributed by atoms with Crippen molar-refractivity contribution in [3.63, 3.8) is 0 Å². The quantitative estimate of drug-likeness (QED) is 0.553. The highest BCUT2D eigenvalue weighted by atomic mass is 16.5. The number of carbonyl (C=O) groups is 1. The maximum absolute atomic E-state index is 11.0. The predicted molar refractivity (Wildman–Crippen MR) is 39.8 cm³/mol. The summed E-state index contributed by atoms with van der Waals surface area (Å²) in [6.45, 7) is 0. The Morgan fingerprint density at radius 2 is 2.18 bits per heavy atom. The third kappa shape index (κ3) is 0.872. The number of hydrogen-bond donors (Lipinski definition) is 1. The van der Waals surface area contributed by atoms with Crippen molar-refractivity contribution in [1.29, 1.82) is 0 Å². The van der Waals surface area contributed by atoms with Crippen LogP contribution in [0.25, 0.3) is 0 Å². The van der Waals surface area contributed by atoms with E-state index < -0.39 is 0 Å². The summed E-state index contributed by atoms with van der Waals surface area (Å²) in [4.78, 5) is 11.0. The van der Waals surface area contributed by atoms with Gasteiger partial charge in [-0.05, 0) is 24.7 Å². The zero-order valence-electron chi connectivity index (χ0n) is 6.67. The molecule has 3 nitrogen and oxygen atoms in total. The summed E-state index contributed by atoms with van der Waals surface area (Å²) in [5.74, 6) is 0.129. The van der Waals surface area contributed by atoms with Crippen LogP contribution in [-0.4, -0.2) is 19.1 Å². The molecule has 0 heterocycles. The highest BCUT2D eigenvalue weighted by Crippen LogP contribution is 2.65. The summed E-state index contributed by atoms with van der Waals surface area (Å²) >= 11 is 0. The molecule has 11 heavy (non-hydrogen) atoms. The van der Waals surface area contributed by atoms with Crippen molar-refractivity contribution in [3.05, 3.63) is 0 Å². The van der Waals surface area contributed by atoms with Gasteiger partial charge in [0.2, 0.25) is 0 Å². The molecule has 0 radical (unpaired) electrons. The van der Waals surface area contributed by atoms with E-state index in [4.69, 9.17) is 5.73 Å². The molecule has 0 unspecified atom stereocenters. The van der Waals surface area contributed by atoms with Crippen molar-refractivity contribution in [2.75, 3.05) is 7.11 Å². The van der Waals surface area contributed by atoms with Gasteiger partial charge >= 0.3 is 5.97 Å². The van der Waals surface area contributed by atoms with E-state index in [9.17, 15) is 4.79 Å². The van der Waals surface area contributed by atoms with E-state index in [1.54, 1.807) is 0 Å². The molecule has 2 saturated carbocycles. The molecular weight excluding hydrogens is 142 g/mol. The molecule has 1 atom stereocenters. The van der Waals surface area contributed by atoms with Crippen LogP contribution in [0.2, 0.25) is 0 Å². The van der Waals surface area contributed by atoms with Gasteiger partial charge in [0.25, 0.3) is 0 Å². The number of nitrogens with two attached hydrogens (primary N) is 1. The van der Waals surface area contributed by atoms with Crippen LogP contribution in [0.15, 0.2) is 0 Å². The molecule has 2 aliphatic carbocycles. The lowest BCUT2D eigenvalue weighted by atomic mass is 9.76. The summed E-state index contributed by atoms with van der Waals surface area (Å²) in [6, 6.07) is 0.338. The second-order valence-corrected chi connectivity index (χ2v) is 3.81. The van der Waals surface area contributed by atoms with Crippen molar-refractivity contribution < 1.29 is 9.53 Å². The van der Waals surface area contributed by atoms with Crippen LogP contribution in [0, 0.1) is 11.3 Å². The summed E-state index contributed by atoms with van der Waals surface area (Å²) in [5.41, 5.74) is 5.93. The van der Waals surface area contributed by atoms with Gasteiger partial charge in [-0.25, -0.2) is 0 Å². The Kier molecular flexibility index (Phi) is 1.27. The molecule has 1 spiro atoms. The summed E-state index contributed by atoms with van der Waals surface area (Å²) in [6.07, 6.45) is 3.05. The summed E-state index contributed by atoms with van der Waals surface area (Å²) in [7, 11) is 1.45. The molecule has 2 N–H and O–H groups in total. The fraction of sp³-hybridized carbons (Fsp3) is 0.875. The number of carbonyl (C=O) groups excluding carboxylic acids is 1. The van der Waals surface area contributed by atoms with E-state index in [0.717, 1.165) is 19.3 Å². The van der Waals surface area contributed by atoms with Crippen LogP contribution in [0.1, 0.15) is 19.3 Å². The Balaban J connectivity index is 1.91. The van der Waals surface area contributed by atoms with Gasteiger partial charge in [-0.1, -0.05) is 0 Å². The minimum absolute atomic E-state index is 0.0445. The van der Waals surface area contributed by atoms with Crippen molar-refractivity contribution in [2.24, 2.45) is 17.1 Å². The first-order valence-electron chi connectivity index (χ1n) is 4.01. The molecule has 3 heteroatoms. The lowest BCUT2D eigenvalue weighted by Crippen LogP contribution is -2.39. The average molecular weight is 155 g/mol. The molecule has 0 aromatic rings. The molecule has 2 aliphatic rings. The van der Waals surface area contributed by atoms with Gasteiger partial charge in [-0.3, -0.25) is 4.79 Å². The van der Waals surface area contributed by atoms with Gasteiger partial charge in [0.1, 0.15) is 0 Å². The van der Waals surface area contributed by atoms with Gasteiger partial charge < -0.3 is 10.5 Å². The van der Waals surface area contributed by atoms with Gasteiger partial charge in [0, 0.05) is 6.04 Å². The van der Waals surface area contributed by atoms with Gasteiger partial charge in [-0.2, -0.15) is 0 Å². The number of hydrogen-bond acceptors (Lipinski definition) is 3. The van der Waals surface area contributed by atoms with Gasteiger partial charge in [0.15, 0.2) is 0 Å². The van der Waals surface area contributed by atoms with Crippen LogP contribution in [0.3, 0.4) is 0 Å². The normalized spacial score (nSPS) is 46.7. The Morgan fingerprint density at radius 3 is 2.64 bits per heavy atom. The van der Waals surface area contributed by atoms with Crippen molar-refractivity contribution >= 4 is 5.97 Å². The maximum atomic E-state index is 11.0. The zero-order valence-corrected chi connectivity index (χ0v) is 6.67. The molecule has 0 bridgehead atoms. The molecule has 0 saturated heterocycles. The highest BCUT2D eigenvalue weighted by Gasteiger charge is 2.64. The first-order chi connectivity index (χ1) is 5.18. The lowest BCUT2D eigenvalue weighted by Gasteiger charge is -2.33. The van der Waals surface area contributed by atoms with Crippen molar-refractivity contribution in [2.45, 2.75) is 25.3 Å². The molecule has 2 rings (SSSR count). The van der Waals surface area contributed by atoms with Crippen LogP contribution < -0.4 is 5.73 Å². The van der Waals surface area contributed by atoms with E-state index in [1.165, 1.54) is 7.11 Å². The lowest BCUT2D eigenvalue weighted by molar-refractivity contribution is -0.143. The van der Waals surface area contributed by atoms with Crippen LogP contribution in [0.5, 0.6) is 0 Å². The van der Waals surface area contributed by atoms with E-state index in [2.05, 4.69) is 4.74 Å². The zero-order chi connectivity index (χ0) is 8.06. The monoisotopic (exact) mass is 155 g/mol. The molecule has 0 aliphatic heterocycles. The van der Waals surface area contributed by atoms with Crippen LogP contribution >= 0.6 is 0 Å². The van der Waals surface area contributed by atoms with Crippen LogP contribution in [0.4, 0.5) is 0 Å². The average Bonchev–Trinajstić information content (AvgIpc) is 2.61. The van der Waals surface area contributed by atoms with Gasteiger partial charge in [-0.15, -0.1) is 0 Å². The Hall–Kier alpha value is -0.570. The van der Waals surface area contributed by atoms with Gasteiger partial charge in [0.05, 0.1) is 13.0 Å². The predicted octanol–water partition coefficient (Wildman–Crippen LogP) is 0.287. The van der Waals surface area contributed by atoms with E-state index in [-0.39, 0.29) is 17.3 Å². The Labute approximate surface area is 65.9 Å². The first kappa shape index (κ1) is 7.10. The third-order valence-electron chi connectivity index (χ3n) is 3.01. The molecule has 2 fully saturated rings. The van der Waals surface area contributed by atoms with E-state index >= 15 is 0 Å². The molecule has 62 valence electrons. The number of methoxy groups -OCH3 is 1. The maximum Gasteiger partial charge on any atom is 0.309 e. The van der Waals surface area contributed by atoms with E-state index in [0.29, 0.717) is 6.04 Å².